The molecule has 0 fully saturated rings. The molecule has 6 nitrogen and oxygen atoms in total. The van der Waals surface area contributed by atoms with Crippen molar-refractivity contribution in [3.63, 3.8) is 0 Å². The third-order valence-electron chi connectivity index (χ3n) is 4.97. The highest BCUT2D eigenvalue weighted by Gasteiger charge is 2.06. The number of hydrogen-bond donors (Lipinski definition) is 1. The molecule has 1 heterocycles. The number of benzene rings is 1. The van der Waals surface area contributed by atoms with Gasteiger partial charge in [-0.1, -0.05) is 51.4 Å². The molecule has 0 unspecified atom stereocenters. The number of aromatic carboxylic acids is 1. The second-order valence-corrected chi connectivity index (χ2v) is 7.41. The monoisotopic (exact) mass is 409 g/mol. The Kier molecular flexibility index (Phi) is 11.0. The maximum Gasteiger partial charge on any atom is 0.356 e. The van der Waals surface area contributed by atoms with Crippen molar-refractivity contribution in [2.45, 2.75) is 70.6 Å². The average molecular weight is 410 g/mol. The Bertz CT molecular complexity index is 783. The molecule has 0 spiro atoms. The number of unbranched alkanes of at least 4 members (excludes halogenated alkanes) is 10. The van der Waals surface area contributed by atoms with Crippen LogP contribution in [0.2, 0.25) is 0 Å². The van der Waals surface area contributed by atoms with E-state index in [4.69, 9.17) is 15.1 Å². The van der Waals surface area contributed by atoms with Crippen LogP contribution < -0.4 is 4.74 Å². The van der Waals surface area contributed by atoms with Gasteiger partial charge in [-0.15, -0.1) is 0 Å². The van der Waals surface area contributed by atoms with Gasteiger partial charge >= 0.3 is 5.97 Å². The molecular weight excluding hydrogens is 378 g/mol. The molecule has 0 atom stereocenters. The zero-order chi connectivity index (χ0) is 21.4. The van der Waals surface area contributed by atoms with Gasteiger partial charge in [0.25, 0.3) is 0 Å². The van der Waals surface area contributed by atoms with E-state index in [0.29, 0.717) is 18.7 Å². The van der Waals surface area contributed by atoms with E-state index < -0.39 is 5.97 Å². The van der Waals surface area contributed by atoms with E-state index in [-0.39, 0.29) is 5.69 Å². The van der Waals surface area contributed by atoms with Gasteiger partial charge in [0, 0.05) is 12.0 Å². The molecule has 6 heteroatoms. The number of ether oxygens (including phenoxy) is 1. The second-order valence-electron chi connectivity index (χ2n) is 7.41. The van der Waals surface area contributed by atoms with Gasteiger partial charge in [0.2, 0.25) is 0 Å². The summed E-state index contributed by atoms with van der Waals surface area (Å²) in [7, 11) is 0. The predicted molar refractivity (Wildman–Crippen MR) is 116 cm³/mol. The average Bonchev–Trinajstić information content (AvgIpc) is 2.77. The standard InChI is InChI=1S/C24H31N3O3/c25-16-10-8-6-4-2-1-3-5-7-9-11-17-30-21-14-12-20(13-15-21)22-18-27-23(19-26-22)24(28)29/h12-15,18-19H,1-11,17H2,(H,28,29). The van der Waals surface area contributed by atoms with Crippen LogP contribution in [0.3, 0.4) is 0 Å². The van der Waals surface area contributed by atoms with Crippen LogP contribution in [0.1, 0.15) is 81.1 Å². The van der Waals surface area contributed by atoms with Crippen molar-refractivity contribution in [2.75, 3.05) is 6.61 Å². The summed E-state index contributed by atoms with van der Waals surface area (Å²) in [6.07, 6.45) is 15.6. The van der Waals surface area contributed by atoms with Crippen molar-refractivity contribution in [1.29, 1.82) is 5.26 Å². The topological polar surface area (TPSA) is 96.1 Å². The summed E-state index contributed by atoms with van der Waals surface area (Å²) < 4.78 is 5.80. The third kappa shape index (κ3) is 9.04. The van der Waals surface area contributed by atoms with Crippen molar-refractivity contribution >= 4 is 5.97 Å². The SMILES string of the molecule is N#CCCCCCCCCCCCCOc1ccc(-c2cnc(C(=O)O)cn2)cc1. The summed E-state index contributed by atoms with van der Waals surface area (Å²) >= 11 is 0. The zero-order valence-electron chi connectivity index (χ0n) is 17.6. The number of carbonyl (C=O) groups is 1. The van der Waals surface area contributed by atoms with E-state index in [1.54, 1.807) is 0 Å². The second kappa shape index (κ2) is 14.1. The van der Waals surface area contributed by atoms with Crippen LogP contribution in [0, 0.1) is 11.3 Å². The summed E-state index contributed by atoms with van der Waals surface area (Å²) in [5, 5.41) is 17.4. The fourth-order valence-electron chi connectivity index (χ4n) is 3.22. The van der Waals surface area contributed by atoms with E-state index in [1.165, 1.54) is 63.8 Å². The number of aromatic nitrogens is 2. The number of carboxylic acids is 1. The Labute approximate surface area is 178 Å². The van der Waals surface area contributed by atoms with Crippen LogP contribution in [0.25, 0.3) is 11.3 Å². The van der Waals surface area contributed by atoms with Crippen LogP contribution in [-0.4, -0.2) is 27.7 Å². The fourth-order valence-corrected chi connectivity index (χ4v) is 3.22. The molecule has 1 aromatic carbocycles. The van der Waals surface area contributed by atoms with Crippen molar-refractivity contribution in [2.24, 2.45) is 0 Å². The quantitative estimate of drug-likeness (QED) is 0.360. The molecule has 160 valence electrons. The minimum absolute atomic E-state index is 0.0642. The van der Waals surface area contributed by atoms with E-state index in [2.05, 4.69) is 16.0 Å². The lowest BCUT2D eigenvalue weighted by atomic mass is 10.1. The molecule has 0 aliphatic carbocycles. The number of nitriles is 1. The molecule has 0 saturated carbocycles. The molecule has 2 aromatic rings. The molecule has 30 heavy (non-hydrogen) atoms. The summed E-state index contributed by atoms with van der Waals surface area (Å²) in [6.45, 7) is 0.714. The van der Waals surface area contributed by atoms with E-state index in [9.17, 15) is 4.79 Å². The molecule has 1 N–H and O–H groups in total. The largest absolute Gasteiger partial charge is 0.494 e. The van der Waals surface area contributed by atoms with Gasteiger partial charge in [0.15, 0.2) is 5.69 Å². The van der Waals surface area contributed by atoms with E-state index in [1.807, 2.05) is 24.3 Å². The number of nitrogens with zero attached hydrogens (tertiary/aromatic N) is 3. The van der Waals surface area contributed by atoms with E-state index in [0.717, 1.165) is 24.2 Å². The van der Waals surface area contributed by atoms with Crippen molar-refractivity contribution < 1.29 is 14.6 Å². The van der Waals surface area contributed by atoms with Gasteiger partial charge in [-0.05, 0) is 37.1 Å². The van der Waals surface area contributed by atoms with Crippen molar-refractivity contribution in [3.8, 4) is 23.1 Å². The molecule has 0 bridgehead atoms. The normalized spacial score (nSPS) is 10.5. The summed E-state index contributed by atoms with van der Waals surface area (Å²) in [6, 6.07) is 9.80. The molecule has 0 aliphatic heterocycles. The number of rotatable bonds is 15. The number of hydrogen-bond acceptors (Lipinski definition) is 5. The molecule has 0 amide bonds. The first kappa shape index (κ1) is 23.3. The predicted octanol–water partition coefficient (Wildman–Crippen LogP) is 6.04. The van der Waals surface area contributed by atoms with E-state index >= 15 is 0 Å². The lowest BCUT2D eigenvalue weighted by Crippen LogP contribution is -2.01. The highest BCUT2D eigenvalue weighted by Crippen LogP contribution is 2.20. The highest BCUT2D eigenvalue weighted by molar-refractivity contribution is 5.85. The molecule has 0 aliphatic rings. The van der Waals surface area contributed by atoms with Gasteiger partial charge in [-0.3, -0.25) is 4.98 Å². The Morgan fingerprint density at radius 2 is 1.47 bits per heavy atom. The highest BCUT2D eigenvalue weighted by atomic mass is 16.5. The fraction of sp³-hybridized carbons (Fsp3) is 0.500. The summed E-state index contributed by atoms with van der Waals surface area (Å²) in [4.78, 5) is 18.9. The van der Waals surface area contributed by atoms with Crippen LogP contribution in [-0.2, 0) is 0 Å². The lowest BCUT2D eigenvalue weighted by molar-refractivity contribution is 0.0690. The maximum absolute atomic E-state index is 10.8. The third-order valence-corrected chi connectivity index (χ3v) is 4.97. The van der Waals surface area contributed by atoms with Gasteiger partial charge in [-0.25, -0.2) is 9.78 Å². The minimum Gasteiger partial charge on any atom is -0.494 e. The van der Waals surface area contributed by atoms with Gasteiger partial charge < -0.3 is 9.84 Å². The number of carboxylic acid groups (broad SMARTS) is 1. The molecule has 1 aromatic heterocycles. The summed E-state index contributed by atoms with van der Waals surface area (Å²) in [5.74, 6) is -0.258. The first-order chi connectivity index (χ1) is 14.7. The Hall–Kier alpha value is -2.94. The van der Waals surface area contributed by atoms with Crippen LogP contribution in [0.15, 0.2) is 36.7 Å². The lowest BCUT2D eigenvalue weighted by Gasteiger charge is -2.07. The maximum atomic E-state index is 10.8. The Morgan fingerprint density at radius 3 is 2.00 bits per heavy atom. The van der Waals surface area contributed by atoms with Gasteiger partial charge in [-0.2, -0.15) is 5.26 Å². The first-order valence-electron chi connectivity index (χ1n) is 10.9. The molecule has 2 rings (SSSR count). The Balaban J connectivity index is 1.53. The van der Waals surface area contributed by atoms with Crippen molar-refractivity contribution in [3.05, 3.63) is 42.4 Å². The Morgan fingerprint density at radius 1 is 0.867 bits per heavy atom. The minimum atomic E-state index is -1.08. The summed E-state index contributed by atoms with van der Waals surface area (Å²) in [5.41, 5.74) is 1.44. The van der Waals surface area contributed by atoms with Gasteiger partial charge in [0.1, 0.15) is 5.75 Å². The smallest absolute Gasteiger partial charge is 0.356 e. The zero-order valence-corrected chi connectivity index (χ0v) is 17.6. The van der Waals surface area contributed by atoms with Crippen molar-refractivity contribution in [1.82, 2.24) is 9.97 Å². The molecule has 0 radical (unpaired) electrons. The van der Waals surface area contributed by atoms with Crippen LogP contribution in [0.5, 0.6) is 5.75 Å². The molecular formula is C24H31N3O3. The first-order valence-corrected chi connectivity index (χ1v) is 10.9. The van der Waals surface area contributed by atoms with Crippen LogP contribution >= 0.6 is 0 Å². The van der Waals surface area contributed by atoms with Crippen LogP contribution in [0.4, 0.5) is 0 Å². The van der Waals surface area contributed by atoms with Gasteiger partial charge in [0.05, 0.1) is 30.8 Å². The molecule has 0 saturated heterocycles.